The van der Waals surface area contributed by atoms with Crippen LogP contribution >= 0.6 is 0 Å². The number of amides is 1. The van der Waals surface area contributed by atoms with E-state index in [2.05, 4.69) is 15.0 Å². The van der Waals surface area contributed by atoms with Gasteiger partial charge in [0.15, 0.2) is 5.69 Å². The Kier molecular flexibility index (Phi) is 5.25. The van der Waals surface area contributed by atoms with E-state index >= 15 is 0 Å². The Morgan fingerprint density at radius 3 is 2.67 bits per heavy atom. The number of nitrogens with two attached hydrogens (primary N) is 1. The Hall–Kier alpha value is -1.96. The number of carbonyl (C=O) groups excluding carboxylic acids is 2. The first-order valence-corrected chi connectivity index (χ1v) is 5.38. The average molecular weight is 256 g/mol. The standard InChI is InChI=1S/C10H16N4O4/c1-17-6-4-7-9(10(16)18-2)12-13-14(7)5-3-8(11)15/h3-6H2,1-2H3,(H2,11,15). The van der Waals surface area contributed by atoms with Crippen LogP contribution in [0.25, 0.3) is 0 Å². The van der Waals surface area contributed by atoms with E-state index in [9.17, 15) is 9.59 Å². The Morgan fingerprint density at radius 2 is 2.11 bits per heavy atom. The van der Waals surface area contributed by atoms with Crippen LogP contribution < -0.4 is 5.73 Å². The minimum Gasteiger partial charge on any atom is -0.464 e. The molecule has 8 heteroatoms. The quantitative estimate of drug-likeness (QED) is 0.635. The molecule has 2 N–H and O–H groups in total. The predicted octanol–water partition coefficient (Wildman–Crippen LogP) is -0.871. The molecule has 1 aromatic rings. The molecule has 1 amide bonds. The number of primary amides is 1. The fraction of sp³-hybridized carbons (Fsp3) is 0.600. The summed E-state index contributed by atoms with van der Waals surface area (Å²) >= 11 is 0. The van der Waals surface area contributed by atoms with Crippen LogP contribution in [-0.2, 0) is 27.2 Å². The van der Waals surface area contributed by atoms with Gasteiger partial charge in [-0.05, 0) is 0 Å². The van der Waals surface area contributed by atoms with Gasteiger partial charge in [0.2, 0.25) is 5.91 Å². The number of aromatic nitrogens is 3. The minimum absolute atomic E-state index is 0.129. The molecule has 0 aliphatic rings. The summed E-state index contributed by atoms with van der Waals surface area (Å²) in [6, 6.07) is 0. The van der Waals surface area contributed by atoms with Crippen molar-refractivity contribution < 1.29 is 19.1 Å². The van der Waals surface area contributed by atoms with Crippen molar-refractivity contribution in [3.8, 4) is 0 Å². The molecule has 1 rings (SSSR count). The highest BCUT2D eigenvalue weighted by molar-refractivity contribution is 5.88. The number of rotatable bonds is 7. The van der Waals surface area contributed by atoms with E-state index < -0.39 is 11.9 Å². The van der Waals surface area contributed by atoms with Gasteiger partial charge >= 0.3 is 5.97 Å². The number of ether oxygens (including phenoxy) is 2. The second-order valence-electron chi connectivity index (χ2n) is 3.56. The first-order chi connectivity index (χ1) is 8.60. The molecule has 0 spiro atoms. The maximum atomic E-state index is 11.5. The van der Waals surface area contributed by atoms with Crippen LogP contribution in [0.1, 0.15) is 22.6 Å². The van der Waals surface area contributed by atoms with Gasteiger partial charge < -0.3 is 15.2 Å². The third kappa shape index (κ3) is 3.52. The lowest BCUT2D eigenvalue weighted by Gasteiger charge is -2.06. The largest absolute Gasteiger partial charge is 0.464 e. The lowest BCUT2D eigenvalue weighted by atomic mass is 10.2. The second kappa shape index (κ2) is 6.70. The number of hydrogen-bond acceptors (Lipinski definition) is 6. The lowest BCUT2D eigenvalue weighted by molar-refractivity contribution is -0.118. The van der Waals surface area contributed by atoms with Crippen molar-refractivity contribution in [1.29, 1.82) is 0 Å². The molecule has 0 unspecified atom stereocenters. The van der Waals surface area contributed by atoms with Crippen LogP contribution in [0.2, 0.25) is 0 Å². The van der Waals surface area contributed by atoms with Crippen LogP contribution in [0.4, 0.5) is 0 Å². The van der Waals surface area contributed by atoms with Gasteiger partial charge in [-0.25, -0.2) is 9.48 Å². The first-order valence-electron chi connectivity index (χ1n) is 5.38. The highest BCUT2D eigenvalue weighted by Crippen LogP contribution is 2.09. The van der Waals surface area contributed by atoms with Crippen LogP contribution in [-0.4, -0.2) is 47.7 Å². The van der Waals surface area contributed by atoms with Gasteiger partial charge in [0.05, 0.1) is 26.0 Å². The number of nitrogens with zero attached hydrogens (tertiary/aromatic N) is 3. The van der Waals surface area contributed by atoms with Crippen molar-refractivity contribution in [1.82, 2.24) is 15.0 Å². The Morgan fingerprint density at radius 1 is 1.39 bits per heavy atom. The molecule has 8 nitrogen and oxygen atoms in total. The van der Waals surface area contributed by atoms with E-state index in [0.29, 0.717) is 18.7 Å². The molecule has 1 heterocycles. The maximum absolute atomic E-state index is 11.5. The number of aryl methyl sites for hydroxylation is 1. The predicted molar refractivity (Wildman–Crippen MR) is 60.8 cm³/mol. The molecular weight excluding hydrogens is 240 g/mol. The van der Waals surface area contributed by atoms with Crippen LogP contribution in [0.3, 0.4) is 0 Å². The van der Waals surface area contributed by atoms with Gasteiger partial charge in [-0.2, -0.15) is 0 Å². The zero-order valence-corrected chi connectivity index (χ0v) is 10.4. The van der Waals surface area contributed by atoms with Crippen molar-refractivity contribution in [3.05, 3.63) is 11.4 Å². The molecule has 18 heavy (non-hydrogen) atoms. The molecule has 100 valence electrons. The highest BCUT2D eigenvalue weighted by atomic mass is 16.5. The van der Waals surface area contributed by atoms with Crippen molar-refractivity contribution in [2.45, 2.75) is 19.4 Å². The Bertz CT molecular complexity index is 430. The van der Waals surface area contributed by atoms with E-state index in [1.54, 1.807) is 7.11 Å². The average Bonchev–Trinajstić information content (AvgIpc) is 2.75. The van der Waals surface area contributed by atoms with Gasteiger partial charge in [0.25, 0.3) is 0 Å². The number of esters is 1. The van der Waals surface area contributed by atoms with Gasteiger partial charge in [-0.1, -0.05) is 5.21 Å². The molecule has 1 aromatic heterocycles. The minimum atomic E-state index is -0.563. The summed E-state index contributed by atoms with van der Waals surface area (Å²) in [7, 11) is 2.82. The third-order valence-electron chi connectivity index (χ3n) is 2.33. The van der Waals surface area contributed by atoms with E-state index in [4.69, 9.17) is 10.5 Å². The normalized spacial score (nSPS) is 10.3. The van der Waals surface area contributed by atoms with Crippen molar-refractivity contribution in [2.24, 2.45) is 5.73 Å². The van der Waals surface area contributed by atoms with E-state index in [1.807, 2.05) is 0 Å². The van der Waals surface area contributed by atoms with Gasteiger partial charge in [0.1, 0.15) is 0 Å². The number of carbonyl (C=O) groups is 2. The van der Waals surface area contributed by atoms with Crippen molar-refractivity contribution in [2.75, 3.05) is 20.8 Å². The summed E-state index contributed by atoms with van der Waals surface area (Å²) in [5.74, 6) is -1.01. The zero-order chi connectivity index (χ0) is 13.5. The summed E-state index contributed by atoms with van der Waals surface area (Å²) in [6.45, 7) is 0.687. The molecule has 0 radical (unpaired) electrons. The SMILES string of the molecule is COCCc1c(C(=O)OC)nnn1CCC(N)=O. The molecular formula is C10H16N4O4. The van der Waals surface area contributed by atoms with Crippen molar-refractivity contribution in [3.63, 3.8) is 0 Å². The van der Waals surface area contributed by atoms with E-state index in [1.165, 1.54) is 11.8 Å². The second-order valence-corrected chi connectivity index (χ2v) is 3.56. The summed E-state index contributed by atoms with van der Waals surface area (Å²) < 4.78 is 11.0. The molecule has 0 bridgehead atoms. The van der Waals surface area contributed by atoms with E-state index in [-0.39, 0.29) is 18.7 Å². The van der Waals surface area contributed by atoms with Gasteiger partial charge in [0, 0.05) is 20.0 Å². The molecule has 0 saturated carbocycles. The summed E-state index contributed by atoms with van der Waals surface area (Å²) in [5, 5.41) is 7.56. The first kappa shape index (κ1) is 14.1. The highest BCUT2D eigenvalue weighted by Gasteiger charge is 2.20. The summed E-state index contributed by atoms with van der Waals surface area (Å²) in [4.78, 5) is 22.2. The maximum Gasteiger partial charge on any atom is 0.360 e. The Labute approximate surface area is 104 Å². The molecule has 0 aliphatic carbocycles. The molecule has 0 saturated heterocycles. The molecule has 0 atom stereocenters. The van der Waals surface area contributed by atoms with E-state index in [0.717, 1.165) is 0 Å². The zero-order valence-electron chi connectivity index (χ0n) is 10.4. The van der Waals surface area contributed by atoms with Gasteiger partial charge in [-0.3, -0.25) is 4.79 Å². The number of hydrogen-bond donors (Lipinski definition) is 1. The molecule has 0 aromatic carbocycles. The monoisotopic (exact) mass is 256 g/mol. The Balaban J connectivity index is 2.91. The van der Waals surface area contributed by atoms with Crippen LogP contribution in [0.5, 0.6) is 0 Å². The van der Waals surface area contributed by atoms with Crippen LogP contribution in [0, 0.1) is 0 Å². The smallest absolute Gasteiger partial charge is 0.360 e. The third-order valence-corrected chi connectivity index (χ3v) is 2.33. The number of methoxy groups -OCH3 is 2. The fourth-order valence-corrected chi connectivity index (χ4v) is 1.43. The molecule has 0 fully saturated rings. The van der Waals surface area contributed by atoms with Gasteiger partial charge in [-0.15, -0.1) is 5.10 Å². The van der Waals surface area contributed by atoms with Crippen molar-refractivity contribution >= 4 is 11.9 Å². The summed E-state index contributed by atoms with van der Waals surface area (Å²) in [6.07, 6.45) is 0.580. The van der Waals surface area contributed by atoms with Crippen LogP contribution in [0.15, 0.2) is 0 Å². The topological polar surface area (TPSA) is 109 Å². The summed E-state index contributed by atoms with van der Waals surface area (Å²) in [5.41, 5.74) is 5.78. The lowest BCUT2D eigenvalue weighted by Crippen LogP contribution is -2.17. The fourth-order valence-electron chi connectivity index (χ4n) is 1.43. The molecule has 0 aliphatic heterocycles.